The van der Waals surface area contributed by atoms with E-state index in [2.05, 4.69) is 31.0 Å². The van der Waals surface area contributed by atoms with E-state index in [4.69, 9.17) is 20.4 Å². The molecule has 6 atom stereocenters. The van der Waals surface area contributed by atoms with Crippen LogP contribution in [0.25, 0.3) is 6.08 Å². The molecule has 0 bridgehead atoms. The van der Waals surface area contributed by atoms with Gasteiger partial charge in [-0.1, -0.05) is 30.5 Å². The second-order valence-electron chi connectivity index (χ2n) is 15.3. The number of terminal acetylenes is 1. The molecule has 274 valence electrons. The number of carboxylic acids is 1. The van der Waals surface area contributed by atoms with E-state index in [0.717, 1.165) is 44.3 Å². The normalized spacial score (nSPS) is 28.3. The highest BCUT2D eigenvalue weighted by Gasteiger charge is 2.63. The first-order valence-electron chi connectivity index (χ1n) is 17.5. The lowest BCUT2D eigenvalue weighted by Gasteiger charge is -2.58. The maximum absolute atomic E-state index is 12.6. The molecule has 3 fully saturated rings. The number of aldehydes is 1. The van der Waals surface area contributed by atoms with Crippen molar-refractivity contribution in [1.29, 1.82) is 0 Å². The number of ether oxygens (including phenoxy) is 2. The molecular formula is C41H45NO10. The Hall–Kier alpha value is -5.08. The lowest BCUT2D eigenvalue weighted by molar-refractivity contribution is -0.0975. The van der Waals surface area contributed by atoms with Gasteiger partial charge < -0.3 is 34.4 Å². The van der Waals surface area contributed by atoms with E-state index in [9.17, 15) is 34.8 Å². The van der Waals surface area contributed by atoms with Gasteiger partial charge in [-0.25, -0.2) is 9.59 Å². The van der Waals surface area contributed by atoms with Gasteiger partial charge in [0.2, 0.25) is 0 Å². The van der Waals surface area contributed by atoms with Crippen molar-refractivity contribution >= 4 is 24.3 Å². The Kier molecular flexibility index (Phi) is 9.29. The monoisotopic (exact) mass is 711 g/mol. The standard InChI is InChI=1S/C22H27NO2.C19H18O8/c1-4-22(24)10-8-18-16-6-5-15-11-19-14(13-23-25-19)12-20(15,2)17(16)7-9-21(18,22)3;1-8-5-13(26-4)11(7-20)17(22)14(8)19(25)27-12-6-9(2)16(21)15(10(12)3)18(23)24/h1,11,13,16-18,24H,5-10,12H2,2-3H3;5-7,21-22H,1-4H3,(H,23,24). The lowest BCUT2D eigenvalue weighted by atomic mass is 9.46. The first kappa shape index (κ1) is 36.7. The Bertz CT molecular complexity index is 2050. The minimum atomic E-state index is -1.38. The zero-order valence-electron chi connectivity index (χ0n) is 30.3. The minimum absolute atomic E-state index is 0.0419. The molecule has 4 aliphatic carbocycles. The van der Waals surface area contributed by atoms with Gasteiger partial charge in [0, 0.05) is 16.5 Å². The quantitative estimate of drug-likeness (QED) is 0.0929. The number of esters is 1. The van der Waals surface area contributed by atoms with E-state index < -0.39 is 29.0 Å². The van der Waals surface area contributed by atoms with Crippen LogP contribution in [-0.2, 0) is 6.42 Å². The number of carbonyl (C=O) groups excluding carboxylic acids is 2. The number of hydrogen-bond acceptors (Lipinski definition) is 10. The van der Waals surface area contributed by atoms with Crippen molar-refractivity contribution in [3.05, 3.63) is 68.6 Å². The second kappa shape index (κ2) is 13.2. The van der Waals surface area contributed by atoms with E-state index >= 15 is 0 Å². The molecule has 1 heterocycles. The third-order valence-electron chi connectivity index (χ3n) is 12.8. The predicted molar refractivity (Wildman–Crippen MR) is 191 cm³/mol. The van der Waals surface area contributed by atoms with E-state index in [1.807, 2.05) is 6.20 Å². The van der Waals surface area contributed by atoms with Crippen molar-refractivity contribution in [3.8, 4) is 35.3 Å². The molecule has 0 radical (unpaired) electrons. The largest absolute Gasteiger partial charge is 0.507 e. The van der Waals surface area contributed by atoms with Gasteiger partial charge in [-0.05, 0) is 118 Å². The van der Waals surface area contributed by atoms with Gasteiger partial charge in [-0.15, -0.1) is 6.42 Å². The number of nitrogens with zero attached hydrogens (tertiary/aromatic N) is 1. The first-order valence-corrected chi connectivity index (χ1v) is 17.5. The fourth-order valence-corrected chi connectivity index (χ4v) is 9.85. The molecule has 52 heavy (non-hydrogen) atoms. The molecule has 0 saturated heterocycles. The molecule has 11 heteroatoms. The third kappa shape index (κ3) is 5.55. The number of rotatable bonds is 5. The van der Waals surface area contributed by atoms with Crippen LogP contribution in [0.1, 0.15) is 111 Å². The number of hydrogen-bond donors (Lipinski definition) is 4. The maximum atomic E-state index is 12.6. The summed E-state index contributed by atoms with van der Waals surface area (Å²) in [6, 6.07) is 2.71. The van der Waals surface area contributed by atoms with E-state index in [0.29, 0.717) is 29.6 Å². The van der Waals surface area contributed by atoms with Crippen molar-refractivity contribution in [1.82, 2.24) is 5.16 Å². The third-order valence-corrected chi connectivity index (χ3v) is 12.8. The number of fused-ring (bicyclic) bond motifs is 6. The number of aromatic hydroxyl groups is 2. The SMILES string of the molecule is C#CC1(O)CCC2C3CCC4=Cc5oncc5CC4(C)C3CCC21C.COc1cc(C)c(C(=O)Oc2cc(C)c(O)c(C(=O)O)c2C)c(O)c1C=O. The van der Waals surface area contributed by atoms with Crippen LogP contribution in [0.5, 0.6) is 23.0 Å². The van der Waals surface area contributed by atoms with Crippen LogP contribution in [0.2, 0.25) is 0 Å². The lowest BCUT2D eigenvalue weighted by Crippen LogP contribution is -2.54. The molecule has 3 saturated carbocycles. The molecule has 7 rings (SSSR count). The summed E-state index contributed by atoms with van der Waals surface area (Å²) in [5, 5.41) is 44.6. The summed E-state index contributed by atoms with van der Waals surface area (Å²) in [4.78, 5) is 35.2. The van der Waals surface area contributed by atoms with Gasteiger partial charge in [-0.3, -0.25) is 4.79 Å². The second-order valence-corrected chi connectivity index (χ2v) is 15.3. The maximum Gasteiger partial charge on any atom is 0.347 e. The molecule has 3 aromatic rings. The van der Waals surface area contributed by atoms with Crippen LogP contribution in [0.4, 0.5) is 0 Å². The highest BCUT2D eigenvalue weighted by Crippen LogP contribution is 2.67. The number of allylic oxidation sites excluding steroid dienone is 1. The van der Waals surface area contributed by atoms with Crippen LogP contribution in [-0.4, -0.2) is 56.5 Å². The molecule has 2 aromatic carbocycles. The number of methoxy groups -OCH3 is 1. The average molecular weight is 712 g/mol. The molecule has 4 aliphatic rings. The Morgan fingerprint density at radius 1 is 1.02 bits per heavy atom. The highest BCUT2D eigenvalue weighted by molar-refractivity contribution is 6.00. The van der Waals surface area contributed by atoms with Crippen LogP contribution < -0.4 is 9.47 Å². The number of phenolic OH excluding ortho intramolecular Hbond substituents is 1. The van der Waals surface area contributed by atoms with Gasteiger partial charge in [0.05, 0.1) is 18.9 Å². The van der Waals surface area contributed by atoms with Gasteiger partial charge >= 0.3 is 11.9 Å². The summed E-state index contributed by atoms with van der Waals surface area (Å²) in [7, 11) is 1.31. The summed E-state index contributed by atoms with van der Waals surface area (Å²) in [5.74, 6) is 2.26. The molecular weight excluding hydrogens is 666 g/mol. The van der Waals surface area contributed by atoms with Crippen molar-refractivity contribution in [2.24, 2.45) is 28.6 Å². The fourth-order valence-electron chi connectivity index (χ4n) is 9.85. The Labute approximate surface area is 302 Å². The van der Waals surface area contributed by atoms with Gasteiger partial charge in [0.25, 0.3) is 0 Å². The minimum Gasteiger partial charge on any atom is -0.507 e. The number of carboxylic acid groups (broad SMARTS) is 1. The summed E-state index contributed by atoms with van der Waals surface area (Å²) >= 11 is 0. The van der Waals surface area contributed by atoms with E-state index in [1.54, 1.807) is 5.57 Å². The smallest absolute Gasteiger partial charge is 0.347 e. The van der Waals surface area contributed by atoms with Crippen LogP contribution in [0.15, 0.2) is 28.4 Å². The number of benzene rings is 2. The molecule has 0 spiro atoms. The van der Waals surface area contributed by atoms with Gasteiger partial charge in [0.1, 0.15) is 39.7 Å². The number of aliphatic hydroxyl groups is 1. The fraction of sp³-hybridized carbons (Fsp3) is 0.463. The number of aryl methyl sites for hydroxylation is 2. The van der Waals surface area contributed by atoms with Crippen molar-refractivity contribution < 1.29 is 48.8 Å². The average Bonchev–Trinajstić information content (AvgIpc) is 3.66. The topological polar surface area (TPSA) is 177 Å². The predicted octanol–water partition coefficient (Wildman–Crippen LogP) is 6.98. The van der Waals surface area contributed by atoms with Crippen LogP contribution in [0, 0.1) is 61.7 Å². The van der Waals surface area contributed by atoms with E-state index in [-0.39, 0.29) is 50.1 Å². The molecule has 4 N–H and O–H groups in total. The highest BCUT2D eigenvalue weighted by atomic mass is 16.5. The summed E-state index contributed by atoms with van der Waals surface area (Å²) < 4.78 is 15.7. The Balaban J connectivity index is 0.000000179. The number of phenols is 2. The Morgan fingerprint density at radius 3 is 2.37 bits per heavy atom. The van der Waals surface area contributed by atoms with Gasteiger partial charge in [0.15, 0.2) is 12.0 Å². The number of aromatic carboxylic acids is 1. The molecule has 1 aromatic heterocycles. The number of aromatic nitrogens is 1. The Morgan fingerprint density at radius 2 is 1.71 bits per heavy atom. The van der Waals surface area contributed by atoms with Crippen molar-refractivity contribution in [3.63, 3.8) is 0 Å². The zero-order valence-corrected chi connectivity index (χ0v) is 30.3. The number of carbonyl (C=O) groups is 3. The molecule has 0 amide bonds. The van der Waals surface area contributed by atoms with E-state index in [1.165, 1.54) is 52.0 Å². The summed E-state index contributed by atoms with van der Waals surface area (Å²) in [5.41, 5.74) is 1.68. The van der Waals surface area contributed by atoms with Crippen molar-refractivity contribution in [2.75, 3.05) is 7.11 Å². The van der Waals surface area contributed by atoms with Crippen LogP contribution in [0.3, 0.4) is 0 Å². The first-order chi connectivity index (χ1) is 24.5. The van der Waals surface area contributed by atoms with Crippen molar-refractivity contribution in [2.45, 2.75) is 85.2 Å². The molecule has 11 nitrogen and oxygen atoms in total. The van der Waals surface area contributed by atoms with Gasteiger partial charge in [-0.2, -0.15) is 0 Å². The molecule has 0 aliphatic heterocycles. The molecule has 6 unspecified atom stereocenters. The summed E-state index contributed by atoms with van der Waals surface area (Å²) in [6.45, 7) is 9.07. The van der Waals surface area contributed by atoms with Crippen LogP contribution >= 0.6 is 0 Å². The summed E-state index contributed by atoms with van der Waals surface area (Å²) in [6.07, 6.45) is 17.7. The zero-order chi connectivity index (χ0) is 37.9.